The molecule has 0 atom stereocenters. The molecule has 0 radical (unpaired) electrons. The second kappa shape index (κ2) is 8.85. The summed E-state index contributed by atoms with van der Waals surface area (Å²) < 4.78 is 0. The molecule has 0 unspecified atom stereocenters. The van der Waals surface area contributed by atoms with Gasteiger partial charge in [0.1, 0.15) is 10.6 Å². The summed E-state index contributed by atoms with van der Waals surface area (Å²) >= 11 is 7.28. The summed E-state index contributed by atoms with van der Waals surface area (Å²) in [4.78, 5) is 29.5. The van der Waals surface area contributed by atoms with Crippen molar-refractivity contribution in [1.29, 1.82) is 0 Å². The minimum atomic E-state index is -0.363. The van der Waals surface area contributed by atoms with E-state index in [1.807, 2.05) is 76.2 Å². The maximum absolute atomic E-state index is 13.5. The van der Waals surface area contributed by atoms with Crippen molar-refractivity contribution >= 4 is 46.6 Å². The van der Waals surface area contributed by atoms with Crippen LogP contribution in [0, 0.1) is 27.7 Å². The number of benzene rings is 3. The lowest BCUT2D eigenvalue weighted by Gasteiger charge is -2.18. The predicted octanol–water partition coefficient (Wildman–Crippen LogP) is 6.56. The Balaban J connectivity index is 1.78. The predicted molar refractivity (Wildman–Crippen MR) is 132 cm³/mol. The Morgan fingerprint density at radius 3 is 2.03 bits per heavy atom. The number of hydrogen-bond acceptors (Lipinski definition) is 4. The number of carbonyl (C=O) groups is 2. The van der Waals surface area contributed by atoms with E-state index in [0.717, 1.165) is 32.8 Å². The number of aryl methyl sites for hydroxylation is 4. The van der Waals surface area contributed by atoms with E-state index in [-0.39, 0.29) is 17.5 Å². The first-order valence-corrected chi connectivity index (χ1v) is 11.4. The molecule has 0 fully saturated rings. The fourth-order valence-corrected chi connectivity index (χ4v) is 4.75. The summed E-state index contributed by atoms with van der Waals surface area (Å²) in [5.74, 6) is -0.701. The summed E-state index contributed by atoms with van der Waals surface area (Å²) in [5, 5.41) is 3.86. The van der Waals surface area contributed by atoms with Crippen molar-refractivity contribution in [2.45, 2.75) is 32.6 Å². The molecule has 3 aromatic rings. The molecule has 6 heteroatoms. The highest BCUT2D eigenvalue weighted by Crippen LogP contribution is 2.39. The van der Waals surface area contributed by atoms with Crippen LogP contribution in [0.4, 0.5) is 11.4 Å². The van der Waals surface area contributed by atoms with Gasteiger partial charge in [-0.1, -0.05) is 58.8 Å². The van der Waals surface area contributed by atoms with Crippen molar-refractivity contribution in [3.63, 3.8) is 0 Å². The van der Waals surface area contributed by atoms with Gasteiger partial charge in [0.2, 0.25) is 0 Å². The van der Waals surface area contributed by atoms with E-state index in [2.05, 4.69) is 5.32 Å². The molecule has 0 aliphatic carbocycles. The zero-order valence-corrected chi connectivity index (χ0v) is 19.9. The number of hydrogen-bond donors (Lipinski definition) is 1. The first kappa shape index (κ1) is 22.2. The number of nitrogens with one attached hydrogen (secondary N) is 1. The summed E-state index contributed by atoms with van der Waals surface area (Å²) in [6, 6.07) is 18.9. The van der Waals surface area contributed by atoms with Crippen LogP contribution >= 0.6 is 23.4 Å². The Morgan fingerprint density at radius 1 is 0.781 bits per heavy atom. The topological polar surface area (TPSA) is 49.4 Å². The van der Waals surface area contributed by atoms with Crippen molar-refractivity contribution < 1.29 is 9.59 Å². The second-order valence-electron chi connectivity index (χ2n) is 7.94. The molecule has 1 N–H and O–H groups in total. The summed E-state index contributed by atoms with van der Waals surface area (Å²) in [6.07, 6.45) is 0. The minimum absolute atomic E-state index is 0.280. The Bertz CT molecular complexity index is 1270. The van der Waals surface area contributed by atoms with Crippen LogP contribution in [-0.4, -0.2) is 11.8 Å². The van der Waals surface area contributed by atoms with Crippen LogP contribution in [-0.2, 0) is 9.59 Å². The molecular weight excluding hydrogens is 440 g/mol. The smallest absolute Gasteiger partial charge is 0.283 e. The van der Waals surface area contributed by atoms with Crippen molar-refractivity contribution in [3.05, 3.63) is 98.5 Å². The van der Waals surface area contributed by atoms with Crippen LogP contribution in [0.2, 0.25) is 5.02 Å². The number of rotatable bonds is 5. The first-order chi connectivity index (χ1) is 15.2. The van der Waals surface area contributed by atoms with Gasteiger partial charge in [-0.15, -0.1) is 0 Å². The normalized spacial score (nSPS) is 13.8. The van der Waals surface area contributed by atoms with Crippen molar-refractivity contribution in [2.24, 2.45) is 0 Å². The molecule has 0 saturated heterocycles. The molecule has 1 heterocycles. The molecule has 1 aliphatic heterocycles. The third kappa shape index (κ3) is 4.31. The average Bonchev–Trinajstić information content (AvgIpc) is 2.96. The third-order valence-corrected chi connectivity index (χ3v) is 6.65. The quantitative estimate of drug-likeness (QED) is 0.436. The molecule has 32 heavy (non-hydrogen) atoms. The fraction of sp³-hybridized carbons (Fsp3) is 0.154. The molecule has 0 spiro atoms. The second-order valence-corrected chi connectivity index (χ2v) is 9.46. The molecule has 0 bridgehead atoms. The molecule has 1 aliphatic rings. The number of amides is 2. The Hall–Kier alpha value is -3.02. The molecule has 4 nitrogen and oxygen atoms in total. The number of carbonyl (C=O) groups excluding carboxylic acids is 2. The van der Waals surface area contributed by atoms with Crippen molar-refractivity contribution in [1.82, 2.24) is 0 Å². The van der Waals surface area contributed by atoms with E-state index in [1.54, 1.807) is 12.1 Å². The van der Waals surface area contributed by atoms with Crippen LogP contribution in [0.5, 0.6) is 0 Å². The lowest BCUT2D eigenvalue weighted by molar-refractivity contribution is -0.120. The van der Waals surface area contributed by atoms with E-state index in [9.17, 15) is 9.59 Å². The highest BCUT2D eigenvalue weighted by atomic mass is 35.5. The Labute approximate surface area is 197 Å². The highest BCUT2D eigenvalue weighted by Gasteiger charge is 2.40. The third-order valence-electron chi connectivity index (χ3n) is 5.31. The van der Waals surface area contributed by atoms with Gasteiger partial charge in [-0.2, -0.15) is 0 Å². The summed E-state index contributed by atoms with van der Waals surface area (Å²) in [5.41, 5.74) is 5.74. The zero-order chi connectivity index (χ0) is 23.0. The Morgan fingerprint density at radius 2 is 1.41 bits per heavy atom. The number of halogens is 1. The Kier molecular flexibility index (Phi) is 6.13. The van der Waals surface area contributed by atoms with Crippen LogP contribution in [0.15, 0.2) is 76.2 Å². The maximum Gasteiger partial charge on any atom is 0.283 e. The van der Waals surface area contributed by atoms with E-state index in [0.29, 0.717) is 15.6 Å². The van der Waals surface area contributed by atoms with Crippen molar-refractivity contribution in [2.75, 3.05) is 10.2 Å². The zero-order valence-electron chi connectivity index (χ0n) is 18.3. The van der Waals surface area contributed by atoms with Crippen molar-refractivity contribution in [3.8, 4) is 0 Å². The van der Waals surface area contributed by atoms with E-state index in [4.69, 9.17) is 11.6 Å². The first-order valence-electron chi connectivity index (χ1n) is 10.2. The van der Waals surface area contributed by atoms with Gasteiger partial charge in [0, 0.05) is 15.6 Å². The van der Waals surface area contributed by atoms with E-state index < -0.39 is 0 Å². The van der Waals surface area contributed by atoms with E-state index >= 15 is 0 Å². The molecule has 2 amide bonds. The molecule has 162 valence electrons. The molecule has 4 rings (SSSR count). The number of nitrogens with zero attached hydrogens (tertiary/aromatic N) is 1. The summed E-state index contributed by atoms with van der Waals surface area (Å²) in [6.45, 7) is 7.89. The van der Waals surface area contributed by atoms with Gasteiger partial charge in [0.25, 0.3) is 11.8 Å². The summed E-state index contributed by atoms with van der Waals surface area (Å²) in [7, 11) is 0. The fourth-order valence-electron chi connectivity index (χ4n) is 3.70. The van der Waals surface area contributed by atoms with Crippen LogP contribution in [0.25, 0.3) is 0 Å². The average molecular weight is 463 g/mol. The van der Waals surface area contributed by atoms with Gasteiger partial charge < -0.3 is 5.32 Å². The lowest BCUT2D eigenvalue weighted by atomic mass is 10.1. The standard InChI is InChI=1S/C26H23ClN2O2S/c1-15-5-11-21(17(3)13-15)28-23-24(32-20-9-7-19(27)8-10-20)26(31)29(25(23)30)22-12-6-16(2)14-18(22)4/h5-14,28H,1-4H3. The van der Waals surface area contributed by atoms with Gasteiger partial charge in [-0.3, -0.25) is 9.59 Å². The van der Waals surface area contributed by atoms with Crippen LogP contribution in [0.3, 0.4) is 0 Å². The van der Waals surface area contributed by atoms with Gasteiger partial charge in [0.05, 0.1) is 5.69 Å². The van der Waals surface area contributed by atoms with Gasteiger partial charge >= 0.3 is 0 Å². The molecule has 0 aromatic heterocycles. The highest BCUT2D eigenvalue weighted by molar-refractivity contribution is 8.04. The van der Waals surface area contributed by atoms with E-state index in [1.165, 1.54) is 16.7 Å². The monoisotopic (exact) mass is 462 g/mol. The lowest BCUT2D eigenvalue weighted by Crippen LogP contribution is -2.33. The molecule has 0 saturated carbocycles. The van der Waals surface area contributed by atoms with Gasteiger partial charge in [0.15, 0.2) is 0 Å². The minimum Gasteiger partial charge on any atom is -0.350 e. The largest absolute Gasteiger partial charge is 0.350 e. The van der Waals surface area contributed by atoms with Crippen LogP contribution < -0.4 is 10.2 Å². The number of imide groups is 1. The number of anilines is 2. The SMILES string of the molecule is Cc1ccc(NC2=C(Sc3ccc(Cl)cc3)C(=O)N(c3ccc(C)cc3C)C2=O)c(C)c1. The molecular formula is C26H23ClN2O2S. The maximum atomic E-state index is 13.5. The van der Waals surface area contributed by atoms with Crippen LogP contribution in [0.1, 0.15) is 22.3 Å². The van der Waals surface area contributed by atoms with Gasteiger partial charge in [-0.05, 0) is 75.2 Å². The van der Waals surface area contributed by atoms with Gasteiger partial charge in [-0.25, -0.2) is 4.90 Å². The molecule has 3 aromatic carbocycles. The number of thioether (sulfide) groups is 1.